The lowest BCUT2D eigenvalue weighted by molar-refractivity contribution is 0.729. The molecule has 0 aliphatic carbocycles. The molecular weight excluding hydrogens is 188 g/mol. The number of likely N-dealkylation sites (N-methyl/N-ethyl adjacent to an activating group) is 1. The summed E-state index contributed by atoms with van der Waals surface area (Å²) in [4.78, 5) is 0.753. The van der Waals surface area contributed by atoms with Crippen molar-refractivity contribution < 1.29 is 0 Å². The van der Waals surface area contributed by atoms with Crippen LogP contribution in [0.2, 0.25) is 0 Å². The molecule has 0 aliphatic heterocycles. The number of hydrogen-bond acceptors (Lipinski definition) is 6. The molecule has 0 radical (unpaired) electrons. The molecular formula is C6H10N6S. The highest BCUT2D eigenvalue weighted by molar-refractivity contribution is 7.20. The quantitative estimate of drug-likeness (QED) is 0.697. The van der Waals surface area contributed by atoms with Crippen LogP contribution in [0.5, 0.6) is 0 Å². The van der Waals surface area contributed by atoms with Crippen molar-refractivity contribution in [3.63, 3.8) is 0 Å². The third-order valence-corrected chi connectivity index (χ3v) is 2.40. The molecule has 0 saturated carbocycles. The number of nitrogen functional groups attached to an aromatic ring is 1. The smallest absolute Gasteiger partial charge is 0.236 e. The molecule has 13 heavy (non-hydrogen) atoms. The fourth-order valence-corrected chi connectivity index (χ4v) is 1.69. The van der Waals surface area contributed by atoms with E-state index in [1.807, 2.05) is 7.05 Å². The zero-order valence-corrected chi connectivity index (χ0v) is 8.01. The van der Waals surface area contributed by atoms with Crippen LogP contribution < -0.4 is 11.1 Å². The molecule has 0 spiro atoms. The van der Waals surface area contributed by atoms with Gasteiger partial charge in [0.05, 0.1) is 0 Å². The molecule has 2 rings (SSSR count). The average Bonchev–Trinajstić information content (AvgIpc) is 2.61. The van der Waals surface area contributed by atoms with Crippen LogP contribution in [0.25, 0.3) is 4.96 Å². The molecule has 0 saturated heterocycles. The van der Waals surface area contributed by atoms with Gasteiger partial charge in [-0.1, -0.05) is 11.3 Å². The van der Waals surface area contributed by atoms with Crippen molar-refractivity contribution in [1.29, 1.82) is 0 Å². The van der Waals surface area contributed by atoms with Crippen molar-refractivity contribution in [2.75, 3.05) is 19.3 Å². The summed E-state index contributed by atoms with van der Waals surface area (Å²) in [5.74, 6) is 0.845. The lowest BCUT2D eigenvalue weighted by Gasteiger charge is -1.94. The molecule has 7 heteroatoms. The van der Waals surface area contributed by atoms with Crippen LogP contribution >= 0.6 is 11.3 Å². The Hall–Kier alpha value is -1.21. The largest absolute Gasteiger partial charge is 0.374 e. The number of nitrogens with one attached hydrogen (secondary N) is 1. The monoisotopic (exact) mass is 198 g/mol. The number of rotatable bonds is 3. The predicted molar refractivity (Wildman–Crippen MR) is 50.7 cm³/mol. The second-order valence-corrected chi connectivity index (χ2v) is 3.59. The van der Waals surface area contributed by atoms with Gasteiger partial charge in [0, 0.05) is 13.0 Å². The van der Waals surface area contributed by atoms with Crippen LogP contribution in [0.3, 0.4) is 0 Å². The van der Waals surface area contributed by atoms with E-state index in [9.17, 15) is 0 Å². The van der Waals surface area contributed by atoms with Gasteiger partial charge in [-0.25, -0.2) is 0 Å². The fourth-order valence-electron chi connectivity index (χ4n) is 1.06. The Morgan fingerprint density at radius 1 is 1.54 bits per heavy atom. The number of anilines is 1. The van der Waals surface area contributed by atoms with Gasteiger partial charge in [-0.05, 0) is 7.05 Å². The highest BCUT2D eigenvalue weighted by atomic mass is 32.1. The molecule has 3 N–H and O–H groups in total. The van der Waals surface area contributed by atoms with Gasteiger partial charge < -0.3 is 11.1 Å². The topological polar surface area (TPSA) is 81.1 Å². The zero-order valence-electron chi connectivity index (χ0n) is 7.19. The van der Waals surface area contributed by atoms with Gasteiger partial charge in [0.15, 0.2) is 5.82 Å². The van der Waals surface area contributed by atoms with E-state index in [4.69, 9.17) is 5.73 Å². The number of nitrogens with two attached hydrogens (primary N) is 1. The van der Waals surface area contributed by atoms with Crippen LogP contribution in [0.15, 0.2) is 0 Å². The third-order valence-electron chi connectivity index (χ3n) is 1.67. The first-order valence-electron chi connectivity index (χ1n) is 3.92. The first kappa shape index (κ1) is 8.39. The zero-order chi connectivity index (χ0) is 9.26. The van der Waals surface area contributed by atoms with Gasteiger partial charge in [-0.2, -0.15) is 4.52 Å². The number of fused-ring (bicyclic) bond motifs is 1. The van der Waals surface area contributed by atoms with Gasteiger partial charge in [-0.3, -0.25) is 0 Å². The second kappa shape index (κ2) is 3.27. The van der Waals surface area contributed by atoms with Crippen LogP contribution in [0.1, 0.15) is 5.82 Å². The van der Waals surface area contributed by atoms with Crippen molar-refractivity contribution in [1.82, 2.24) is 25.1 Å². The van der Waals surface area contributed by atoms with Crippen LogP contribution in [0, 0.1) is 0 Å². The minimum Gasteiger partial charge on any atom is -0.374 e. The number of nitrogens with zero attached hydrogens (tertiary/aromatic N) is 4. The summed E-state index contributed by atoms with van der Waals surface area (Å²) in [5, 5.41) is 15.6. The van der Waals surface area contributed by atoms with Crippen LogP contribution in [-0.2, 0) is 6.42 Å². The van der Waals surface area contributed by atoms with Gasteiger partial charge in [-0.15, -0.1) is 15.3 Å². The third kappa shape index (κ3) is 1.47. The van der Waals surface area contributed by atoms with E-state index >= 15 is 0 Å². The lowest BCUT2D eigenvalue weighted by atomic mass is 10.4. The molecule has 70 valence electrons. The van der Waals surface area contributed by atoms with Crippen molar-refractivity contribution in [2.45, 2.75) is 6.42 Å². The van der Waals surface area contributed by atoms with E-state index in [0.29, 0.717) is 5.13 Å². The minimum absolute atomic E-state index is 0.524. The van der Waals surface area contributed by atoms with E-state index in [0.717, 1.165) is 23.8 Å². The maximum Gasteiger partial charge on any atom is 0.236 e. The fraction of sp³-hybridized carbons (Fsp3) is 0.500. The predicted octanol–water partition coefficient (Wildman–Crippen LogP) is -0.470. The van der Waals surface area contributed by atoms with Crippen molar-refractivity contribution >= 4 is 21.4 Å². The van der Waals surface area contributed by atoms with E-state index in [1.54, 1.807) is 4.52 Å². The summed E-state index contributed by atoms with van der Waals surface area (Å²) in [6.45, 7) is 0.859. The first-order valence-corrected chi connectivity index (χ1v) is 4.74. The SMILES string of the molecule is CNCCc1nnc2sc(N)nn12. The molecule has 2 aromatic rings. The normalized spacial score (nSPS) is 11.2. The van der Waals surface area contributed by atoms with Gasteiger partial charge in [0.2, 0.25) is 10.1 Å². The maximum absolute atomic E-state index is 5.54. The lowest BCUT2D eigenvalue weighted by Crippen LogP contribution is -2.12. The Kier molecular flexibility index (Phi) is 2.11. The molecule has 2 aromatic heterocycles. The van der Waals surface area contributed by atoms with Gasteiger partial charge in [0.25, 0.3) is 0 Å². The highest BCUT2D eigenvalue weighted by Crippen LogP contribution is 2.14. The molecule has 0 amide bonds. The minimum atomic E-state index is 0.524. The molecule has 0 fully saturated rings. The van der Waals surface area contributed by atoms with Crippen molar-refractivity contribution in [2.24, 2.45) is 0 Å². The molecule has 6 nitrogen and oxygen atoms in total. The maximum atomic E-state index is 5.54. The molecule has 0 atom stereocenters. The highest BCUT2D eigenvalue weighted by Gasteiger charge is 2.08. The number of hydrogen-bond donors (Lipinski definition) is 2. The standard InChI is InChI=1S/C6H10N6S/c1-8-3-2-4-9-10-6-12(4)11-5(7)13-6/h8H,2-3H2,1H3,(H2,7,11). The van der Waals surface area contributed by atoms with Gasteiger partial charge >= 0.3 is 0 Å². The Morgan fingerprint density at radius 3 is 3.15 bits per heavy atom. The molecule has 0 aliphatic rings. The van der Waals surface area contributed by atoms with Crippen LogP contribution in [-0.4, -0.2) is 33.4 Å². The Bertz CT molecular complexity index is 404. The summed E-state index contributed by atoms with van der Waals surface area (Å²) in [7, 11) is 1.90. The molecule has 0 unspecified atom stereocenters. The average molecular weight is 198 g/mol. The summed E-state index contributed by atoms with van der Waals surface area (Å²) in [6.07, 6.45) is 0.806. The number of aromatic nitrogens is 4. The first-order chi connectivity index (χ1) is 6.31. The molecule has 2 heterocycles. The van der Waals surface area contributed by atoms with E-state index < -0.39 is 0 Å². The summed E-state index contributed by atoms with van der Waals surface area (Å²) >= 11 is 1.34. The van der Waals surface area contributed by atoms with E-state index in [1.165, 1.54) is 11.3 Å². The van der Waals surface area contributed by atoms with Crippen LogP contribution in [0.4, 0.5) is 5.13 Å². The second-order valence-electron chi connectivity index (χ2n) is 2.60. The van der Waals surface area contributed by atoms with E-state index in [2.05, 4.69) is 20.6 Å². The van der Waals surface area contributed by atoms with Crippen molar-refractivity contribution in [3.8, 4) is 0 Å². The summed E-state index contributed by atoms with van der Waals surface area (Å²) in [5.41, 5.74) is 5.54. The Labute approximate surface area is 78.8 Å². The summed E-state index contributed by atoms with van der Waals surface area (Å²) in [6, 6.07) is 0. The van der Waals surface area contributed by atoms with Crippen molar-refractivity contribution in [3.05, 3.63) is 5.82 Å². The van der Waals surface area contributed by atoms with Gasteiger partial charge in [0.1, 0.15) is 0 Å². The molecule has 0 aromatic carbocycles. The Morgan fingerprint density at radius 2 is 2.38 bits per heavy atom. The van der Waals surface area contributed by atoms with E-state index in [-0.39, 0.29) is 0 Å². The summed E-state index contributed by atoms with van der Waals surface area (Å²) < 4.78 is 1.69. The molecule has 0 bridgehead atoms. The Balaban J connectivity index is 2.33.